The second kappa shape index (κ2) is 6.54. The van der Waals surface area contributed by atoms with Crippen molar-refractivity contribution in [3.63, 3.8) is 0 Å². The Morgan fingerprint density at radius 3 is 2.33 bits per heavy atom. The Bertz CT molecular complexity index is 672. The molecule has 0 heterocycles. The van der Waals surface area contributed by atoms with Crippen LogP contribution < -0.4 is 5.73 Å². The van der Waals surface area contributed by atoms with Gasteiger partial charge in [-0.2, -0.15) is 4.31 Å². The molecule has 0 aromatic heterocycles. The van der Waals surface area contributed by atoms with Crippen LogP contribution in [0.5, 0.6) is 0 Å². The molecule has 3 N–H and O–H groups in total. The van der Waals surface area contributed by atoms with Gasteiger partial charge < -0.3 is 10.8 Å². The van der Waals surface area contributed by atoms with Crippen molar-refractivity contribution in [2.45, 2.75) is 24.8 Å². The van der Waals surface area contributed by atoms with Gasteiger partial charge in [0.1, 0.15) is 6.54 Å². The summed E-state index contributed by atoms with van der Waals surface area (Å²) in [7, 11) is -4.06. The van der Waals surface area contributed by atoms with Gasteiger partial charge >= 0.3 is 5.97 Å². The minimum absolute atomic E-state index is 0.0157. The van der Waals surface area contributed by atoms with Crippen LogP contribution in [0.1, 0.15) is 24.2 Å². The first kappa shape index (κ1) is 17.6. The molecule has 0 aliphatic heterocycles. The highest BCUT2D eigenvalue weighted by Crippen LogP contribution is 2.23. The normalized spacial score (nSPS) is 11.9. The number of nitrogens with two attached hydrogens (primary N) is 1. The molecule has 7 nitrogen and oxygen atoms in total. The van der Waals surface area contributed by atoms with Gasteiger partial charge in [0, 0.05) is 16.1 Å². The maximum absolute atomic E-state index is 12.5. The van der Waals surface area contributed by atoms with Crippen molar-refractivity contribution >= 4 is 37.8 Å². The number of carbonyl (C=O) groups is 2. The maximum atomic E-state index is 12.5. The third kappa shape index (κ3) is 4.26. The highest BCUT2D eigenvalue weighted by Gasteiger charge is 2.29. The number of hydrogen-bond acceptors (Lipinski definition) is 4. The van der Waals surface area contributed by atoms with E-state index in [-0.39, 0.29) is 10.5 Å². The van der Waals surface area contributed by atoms with Gasteiger partial charge in [-0.05, 0) is 32.0 Å². The van der Waals surface area contributed by atoms with Crippen molar-refractivity contribution in [3.8, 4) is 0 Å². The number of halogens is 1. The summed E-state index contributed by atoms with van der Waals surface area (Å²) >= 11 is 3.10. The highest BCUT2D eigenvalue weighted by atomic mass is 79.9. The lowest BCUT2D eigenvalue weighted by Crippen LogP contribution is -2.40. The highest BCUT2D eigenvalue weighted by molar-refractivity contribution is 9.10. The zero-order chi connectivity index (χ0) is 16.4. The molecule has 0 aliphatic rings. The number of primary amides is 1. The fourth-order valence-corrected chi connectivity index (χ4v) is 3.97. The maximum Gasteiger partial charge on any atom is 0.318 e. The summed E-state index contributed by atoms with van der Waals surface area (Å²) < 4.78 is 26.2. The fourth-order valence-electron chi connectivity index (χ4n) is 1.67. The molecule has 0 fully saturated rings. The molecule has 0 radical (unpaired) electrons. The number of sulfonamides is 1. The monoisotopic (exact) mass is 378 g/mol. The summed E-state index contributed by atoms with van der Waals surface area (Å²) in [5, 5.41) is 8.85. The fraction of sp³-hybridized carbons (Fsp3) is 0.333. The van der Waals surface area contributed by atoms with Crippen LogP contribution in [0.15, 0.2) is 27.6 Å². The average molecular weight is 379 g/mol. The Morgan fingerprint density at radius 1 is 1.33 bits per heavy atom. The molecule has 0 spiro atoms. The first-order valence-corrected chi connectivity index (χ1v) is 8.13. The van der Waals surface area contributed by atoms with Gasteiger partial charge in [0.2, 0.25) is 15.9 Å². The van der Waals surface area contributed by atoms with Crippen molar-refractivity contribution in [2.75, 3.05) is 6.54 Å². The minimum atomic E-state index is -4.06. The predicted molar refractivity (Wildman–Crippen MR) is 79.3 cm³/mol. The first-order valence-electron chi connectivity index (χ1n) is 5.89. The van der Waals surface area contributed by atoms with E-state index in [1.165, 1.54) is 12.1 Å². The van der Waals surface area contributed by atoms with Gasteiger partial charge in [-0.15, -0.1) is 0 Å². The minimum Gasteiger partial charge on any atom is -0.480 e. The number of aliphatic carboxylic acids is 1. The van der Waals surface area contributed by atoms with E-state index in [2.05, 4.69) is 15.9 Å². The largest absolute Gasteiger partial charge is 0.480 e. The van der Waals surface area contributed by atoms with Crippen molar-refractivity contribution in [2.24, 2.45) is 5.73 Å². The van der Waals surface area contributed by atoms with E-state index >= 15 is 0 Å². The zero-order valence-corrected chi connectivity index (χ0v) is 13.8. The Kier molecular flexibility index (Phi) is 5.48. The second-order valence-corrected chi connectivity index (χ2v) is 7.38. The van der Waals surface area contributed by atoms with E-state index in [1.54, 1.807) is 13.8 Å². The Labute approximate surface area is 130 Å². The molecular formula is C12H15BrN2O5S. The van der Waals surface area contributed by atoms with Crippen LogP contribution in [-0.2, 0) is 14.8 Å². The first-order chi connectivity index (χ1) is 9.55. The summed E-state index contributed by atoms with van der Waals surface area (Å²) in [6.07, 6.45) is 0. The lowest BCUT2D eigenvalue weighted by atomic mass is 10.2. The molecule has 0 saturated heterocycles. The molecular weight excluding hydrogens is 364 g/mol. The number of carboxylic acids is 1. The number of amides is 1. The molecule has 21 heavy (non-hydrogen) atoms. The van der Waals surface area contributed by atoms with Crippen LogP contribution >= 0.6 is 15.9 Å². The smallest absolute Gasteiger partial charge is 0.318 e. The number of carboxylic acid groups (broad SMARTS) is 1. The second-order valence-electron chi connectivity index (χ2n) is 4.58. The van der Waals surface area contributed by atoms with Gasteiger partial charge in [-0.25, -0.2) is 8.42 Å². The lowest BCUT2D eigenvalue weighted by molar-refractivity contribution is -0.137. The molecule has 1 rings (SSSR count). The summed E-state index contributed by atoms with van der Waals surface area (Å²) in [4.78, 5) is 21.9. The molecule has 0 unspecified atom stereocenters. The third-order valence-electron chi connectivity index (χ3n) is 2.63. The average Bonchev–Trinajstić information content (AvgIpc) is 2.34. The van der Waals surface area contributed by atoms with Gasteiger partial charge in [-0.3, -0.25) is 9.59 Å². The summed E-state index contributed by atoms with van der Waals surface area (Å²) in [6.45, 7) is 2.46. The van der Waals surface area contributed by atoms with Crippen LogP contribution in [0.2, 0.25) is 0 Å². The van der Waals surface area contributed by atoms with Gasteiger partial charge in [-0.1, -0.05) is 15.9 Å². The SMILES string of the molecule is CC(C)N(CC(=O)O)S(=O)(=O)c1cc(Br)cc(C(N)=O)c1. The number of benzene rings is 1. The van der Waals surface area contributed by atoms with E-state index in [4.69, 9.17) is 10.8 Å². The van der Waals surface area contributed by atoms with Crippen LogP contribution in [0, 0.1) is 0 Å². The van der Waals surface area contributed by atoms with Crippen molar-refractivity contribution in [1.82, 2.24) is 4.31 Å². The topological polar surface area (TPSA) is 118 Å². The number of nitrogens with zero attached hydrogens (tertiary/aromatic N) is 1. The Hall–Kier alpha value is -1.45. The molecule has 0 aliphatic carbocycles. The van der Waals surface area contributed by atoms with Crippen LogP contribution in [-0.4, -0.2) is 42.3 Å². The molecule has 0 bridgehead atoms. The van der Waals surface area contributed by atoms with Gasteiger partial charge in [0.15, 0.2) is 0 Å². The van der Waals surface area contributed by atoms with E-state index in [0.29, 0.717) is 4.47 Å². The van der Waals surface area contributed by atoms with Gasteiger partial charge in [0.25, 0.3) is 0 Å². The molecule has 0 saturated carbocycles. The van der Waals surface area contributed by atoms with E-state index in [9.17, 15) is 18.0 Å². The van der Waals surface area contributed by atoms with Gasteiger partial charge in [0.05, 0.1) is 4.90 Å². The van der Waals surface area contributed by atoms with Crippen molar-refractivity contribution in [3.05, 3.63) is 28.2 Å². The molecule has 1 aromatic carbocycles. The number of hydrogen-bond donors (Lipinski definition) is 2. The summed E-state index contributed by atoms with van der Waals surface area (Å²) in [5.74, 6) is -2.04. The third-order valence-corrected chi connectivity index (χ3v) is 5.09. The zero-order valence-electron chi connectivity index (χ0n) is 11.4. The number of rotatable bonds is 6. The lowest BCUT2D eigenvalue weighted by Gasteiger charge is -2.24. The van der Waals surface area contributed by atoms with E-state index in [1.807, 2.05) is 0 Å². The summed E-state index contributed by atoms with van der Waals surface area (Å²) in [5.41, 5.74) is 5.16. The van der Waals surface area contributed by atoms with Crippen molar-refractivity contribution < 1.29 is 23.1 Å². The standard InChI is InChI=1S/C12H15BrN2O5S/c1-7(2)15(6-11(16)17)21(19,20)10-4-8(12(14)18)3-9(13)5-10/h3-5,7H,6H2,1-2H3,(H2,14,18)(H,16,17). The molecule has 116 valence electrons. The van der Waals surface area contributed by atoms with Crippen molar-refractivity contribution in [1.29, 1.82) is 0 Å². The van der Waals surface area contributed by atoms with E-state index in [0.717, 1.165) is 10.4 Å². The molecule has 1 amide bonds. The number of carbonyl (C=O) groups excluding carboxylic acids is 1. The molecule has 0 atom stereocenters. The van der Waals surface area contributed by atoms with E-state index < -0.39 is 34.5 Å². The Morgan fingerprint density at radius 2 is 1.90 bits per heavy atom. The van der Waals surface area contributed by atoms with Crippen LogP contribution in [0.3, 0.4) is 0 Å². The Balaban J connectivity index is 3.40. The predicted octanol–water partition coefficient (Wildman–Crippen LogP) is 1.03. The molecule has 1 aromatic rings. The molecule has 9 heteroatoms. The van der Waals surface area contributed by atoms with Crippen LogP contribution in [0.25, 0.3) is 0 Å². The quantitative estimate of drug-likeness (QED) is 0.766. The van der Waals surface area contributed by atoms with Crippen LogP contribution in [0.4, 0.5) is 0 Å². The summed E-state index contributed by atoms with van der Waals surface area (Å²) in [6, 6.07) is 3.25.